The molecule has 102 valence electrons. The molecule has 3 rings (SSSR count). The van der Waals surface area contributed by atoms with Crippen molar-refractivity contribution in [1.29, 1.82) is 0 Å². The van der Waals surface area contributed by atoms with Crippen LogP contribution in [0.25, 0.3) is 0 Å². The van der Waals surface area contributed by atoms with Crippen LogP contribution in [0.4, 0.5) is 0 Å². The normalized spacial score (nSPS) is 42.8. The van der Waals surface area contributed by atoms with E-state index in [1.165, 1.54) is 25.7 Å². The van der Waals surface area contributed by atoms with Crippen LogP contribution in [0.5, 0.6) is 0 Å². The smallest absolute Gasteiger partial charge is 0.225 e. The van der Waals surface area contributed by atoms with Crippen LogP contribution < -0.4 is 5.32 Å². The number of nitrogens with one attached hydrogen (secondary N) is 1. The molecular formula is C15H26N2O. The van der Waals surface area contributed by atoms with E-state index in [0.717, 1.165) is 31.3 Å². The van der Waals surface area contributed by atoms with Gasteiger partial charge in [-0.05, 0) is 50.5 Å². The van der Waals surface area contributed by atoms with Crippen molar-refractivity contribution >= 4 is 5.91 Å². The molecule has 0 aromatic carbocycles. The third kappa shape index (κ3) is 2.18. The summed E-state index contributed by atoms with van der Waals surface area (Å²) in [6, 6.07) is 0.607. The van der Waals surface area contributed by atoms with Gasteiger partial charge in [0.25, 0.3) is 0 Å². The van der Waals surface area contributed by atoms with Crippen LogP contribution in [0.3, 0.4) is 0 Å². The van der Waals surface area contributed by atoms with Crippen molar-refractivity contribution in [2.24, 2.45) is 23.7 Å². The van der Waals surface area contributed by atoms with Gasteiger partial charge in [0.05, 0.1) is 0 Å². The van der Waals surface area contributed by atoms with E-state index in [2.05, 4.69) is 24.2 Å². The van der Waals surface area contributed by atoms with Gasteiger partial charge in [-0.25, -0.2) is 0 Å². The Morgan fingerprint density at radius 3 is 2.61 bits per heavy atom. The summed E-state index contributed by atoms with van der Waals surface area (Å²) >= 11 is 0. The average Bonchev–Trinajstić information content (AvgIpc) is 3.03. The van der Waals surface area contributed by atoms with Crippen molar-refractivity contribution in [2.45, 2.75) is 45.1 Å². The van der Waals surface area contributed by atoms with E-state index < -0.39 is 0 Å². The quantitative estimate of drug-likeness (QED) is 0.829. The molecule has 1 N–H and O–H groups in total. The van der Waals surface area contributed by atoms with Gasteiger partial charge in [0.1, 0.15) is 0 Å². The van der Waals surface area contributed by atoms with E-state index in [4.69, 9.17) is 0 Å². The van der Waals surface area contributed by atoms with Gasteiger partial charge in [0.15, 0.2) is 0 Å². The zero-order valence-corrected chi connectivity index (χ0v) is 11.7. The van der Waals surface area contributed by atoms with E-state index in [9.17, 15) is 4.79 Å². The van der Waals surface area contributed by atoms with Gasteiger partial charge < -0.3 is 10.2 Å². The molecule has 0 aromatic rings. The highest BCUT2D eigenvalue weighted by atomic mass is 16.2. The lowest BCUT2D eigenvalue weighted by Gasteiger charge is -2.39. The highest BCUT2D eigenvalue weighted by Crippen LogP contribution is 2.54. The zero-order valence-electron chi connectivity index (χ0n) is 11.7. The van der Waals surface area contributed by atoms with E-state index in [0.29, 0.717) is 23.8 Å². The molecule has 3 nitrogen and oxygen atoms in total. The van der Waals surface area contributed by atoms with Crippen LogP contribution in [-0.4, -0.2) is 37.0 Å². The van der Waals surface area contributed by atoms with Crippen molar-refractivity contribution in [2.75, 3.05) is 20.1 Å². The first-order valence-electron chi connectivity index (χ1n) is 7.69. The highest BCUT2D eigenvalue weighted by molar-refractivity contribution is 5.79. The largest absolute Gasteiger partial charge is 0.342 e. The molecule has 1 amide bonds. The van der Waals surface area contributed by atoms with E-state index >= 15 is 0 Å². The number of piperidine rings is 1. The Hall–Kier alpha value is -0.570. The molecule has 2 saturated carbocycles. The molecule has 0 spiro atoms. The van der Waals surface area contributed by atoms with Gasteiger partial charge >= 0.3 is 0 Å². The molecule has 1 heterocycles. The summed E-state index contributed by atoms with van der Waals surface area (Å²) in [5.74, 6) is 3.31. The minimum atomic E-state index is 0.373. The Labute approximate surface area is 110 Å². The summed E-state index contributed by atoms with van der Waals surface area (Å²) in [5.41, 5.74) is 0. The average molecular weight is 250 g/mol. The fourth-order valence-electron chi connectivity index (χ4n) is 4.20. The molecule has 1 aliphatic heterocycles. The maximum Gasteiger partial charge on any atom is 0.225 e. The lowest BCUT2D eigenvalue weighted by atomic mass is 9.89. The number of likely N-dealkylation sites (tertiary alicyclic amines) is 1. The topological polar surface area (TPSA) is 32.3 Å². The summed E-state index contributed by atoms with van der Waals surface area (Å²) in [4.78, 5) is 14.7. The number of rotatable bonds is 3. The second kappa shape index (κ2) is 4.84. The Balaban J connectivity index is 1.57. The minimum absolute atomic E-state index is 0.373. The third-order valence-electron chi connectivity index (χ3n) is 5.53. The maximum absolute atomic E-state index is 12.5. The summed E-state index contributed by atoms with van der Waals surface area (Å²) in [7, 11) is 2.05. The second-order valence-corrected chi connectivity index (χ2v) is 6.56. The molecule has 0 bridgehead atoms. The first-order chi connectivity index (χ1) is 8.72. The number of fused-ring (bicyclic) bond motifs is 1. The van der Waals surface area contributed by atoms with Crippen molar-refractivity contribution in [3.8, 4) is 0 Å². The Morgan fingerprint density at radius 2 is 2.00 bits per heavy atom. The van der Waals surface area contributed by atoms with Gasteiger partial charge in [-0.1, -0.05) is 13.3 Å². The van der Waals surface area contributed by atoms with Crippen molar-refractivity contribution < 1.29 is 4.79 Å². The zero-order chi connectivity index (χ0) is 12.7. The predicted octanol–water partition coefficient (Wildman–Crippen LogP) is 1.88. The predicted molar refractivity (Wildman–Crippen MR) is 72.1 cm³/mol. The summed E-state index contributed by atoms with van der Waals surface area (Å²) in [6.07, 6.45) is 6.08. The standard InChI is InChI=1S/C15H26N2O/c1-3-10-9-17(5-4-14(10)16-2)15(18)13-7-11-6-12(11)8-13/h10-14,16H,3-9H2,1-2H3. The van der Waals surface area contributed by atoms with Gasteiger partial charge in [-0.15, -0.1) is 0 Å². The van der Waals surface area contributed by atoms with Crippen molar-refractivity contribution in [1.82, 2.24) is 10.2 Å². The summed E-state index contributed by atoms with van der Waals surface area (Å²) < 4.78 is 0. The van der Waals surface area contributed by atoms with Gasteiger partial charge in [0, 0.05) is 25.0 Å². The molecule has 1 saturated heterocycles. The lowest BCUT2D eigenvalue weighted by Crippen LogP contribution is -2.51. The first kappa shape index (κ1) is 12.5. The third-order valence-corrected chi connectivity index (χ3v) is 5.53. The number of hydrogen-bond donors (Lipinski definition) is 1. The monoisotopic (exact) mass is 250 g/mol. The van der Waals surface area contributed by atoms with Crippen LogP contribution in [0.15, 0.2) is 0 Å². The number of amides is 1. The maximum atomic E-state index is 12.5. The Bertz CT molecular complexity index is 320. The van der Waals surface area contributed by atoms with Crippen molar-refractivity contribution in [3.63, 3.8) is 0 Å². The van der Waals surface area contributed by atoms with Crippen LogP contribution in [0.1, 0.15) is 39.0 Å². The number of carbonyl (C=O) groups is 1. The number of carbonyl (C=O) groups excluding carboxylic acids is 1. The van der Waals surface area contributed by atoms with Gasteiger partial charge in [-0.3, -0.25) is 4.79 Å². The van der Waals surface area contributed by atoms with E-state index in [1.807, 2.05) is 0 Å². The molecule has 2 aliphatic carbocycles. The molecule has 3 heteroatoms. The van der Waals surface area contributed by atoms with Crippen LogP contribution >= 0.6 is 0 Å². The molecule has 4 atom stereocenters. The Kier molecular flexibility index (Phi) is 3.35. The van der Waals surface area contributed by atoms with Gasteiger partial charge in [0.2, 0.25) is 5.91 Å². The second-order valence-electron chi connectivity index (χ2n) is 6.56. The molecule has 18 heavy (non-hydrogen) atoms. The van der Waals surface area contributed by atoms with Crippen LogP contribution in [0.2, 0.25) is 0 Å². The fraction of sp³-hybridized carbons (Fsp3) is 0.933. The van der Waals surface area contributed by atoms with Crippen LogP contribution in [-0.2, 0) is 4.79 Å². The number of nitrogens with zero attached hydrogens (tertiary/aromatic N) is 1. The fourth-order valence-corrected chi connectivity index (χ4v) is 4.20. The highest BCUT2D eigenvalue weighted by Gasteiger charge is 2.49. The Morgan fingerprint density at radius 1 is 1.28 bits per heavy atom. The lowest BCUT2D eigenvalue weighted by molar-refractivity contribution is -0.138. The summed E-state index contributed by atoms with van der Waals surface area (Å²) in [5, 5.41) is 3.41. The first-order valence-corrected chi connectivity index (χ1v) is 7.69. The summed E-state index contributed by atoms with van der Waals surface area (Å²) in [6.45, 7) is 4.19. The molecule has 0 radical (unpaired) electrons. The van der Waals surface area contributed by atoms with Crippen LogP contribution in [0, 0.1) is 23.7 Å². The number of hydrogen-bond acceptors (Lipinski definition) is 2. The molecular weight excluding hydrogens is 224 g/mol. The van der Waals surface area contributed by atoms with Crippen molar-refractivity contribution in [3.05, 3.63) is 0 Å². The minimum Gasteiger partial charge on any atom is -0.342 e. The molecule has 3 aliphatic rings. The molecule has 0 aromatic heterocycles. The molecule has 4 unspecified atom stereocenters. The molecule has 3 fully saturated rings. The SMILES string of the molecule is CCC1CN(C(=O)C2CC3CC3C2)CCC1NC. The van der Waals surface area contributed by atoms with Gasteiger partial charge in [-0.2, -0.15) is 0 Å². The van der Waals surface area contributed by atoms with E-state index in [1.54, 1.807) is 0 Å². The van der Waals surface area contributed by atoms with E-state index in [-0.39, 0.29) is 0 Å².